The van der Waals surface area contributed by atoms with Gasteiger partial charge in [-0.15, -0.1) is 0 Å². The molecule has 1 heteroatoms. The highest BCUT2D eigenvalue weighted by molar-refractivity contribution is 5.14. The third-order valence-electron chi connectivity index (χ3n) is 3.25. The predicted molar refractivity (Wildman–Crippen MR) is 34.9 cm³/mol. The summed E-state index contributed by atoms with van der Waals surface area (Å²) in [4.78, 5) is 0. The van der Waals surface area contributed by atoms with Crippen LogP contribution in [0.2, 0.25) is 0 Å². The summed E-state index contributed by atoms with van der Waals surface area (Å²) in [5.74, 6) is 1.52. The van der Waals surface area contributed by atoms with Crippen LogP contribution in [0.1, 0.15) is 26.7 Å². The van der Waals surface area contributed by atoms with Crippen molar-refractivity contribution >= 4 is 0 Å². The van der Waals surface area contributed by atoms with Crippen LogP contribution in [-0.2, 0) is 0 Å². The Labute approximate surface area is 55.4 Å². The molecule has 0 aromatic rings. The van der Waals surface area contributed by atoms with Crippen molar-refractivity contribution in [1.82, 2.24) is 0 Å². The van der Waals surface area contributed by atoms with Gasteiger partial charge in [-0.1, -0.05) is 6.92 Å². The molecule has 0 heterocycles. The standard InChI is InChI=1S/C8H13F/c1-5-3-4-6-7(5)8(6,2)9/h5-7H,3-4H2,1-2H3/t5-,6-,7+,8-/m1/s1. The average molecular weight is 128 g/mol. The molecule has 0 bridgehead atoms. The van der Waals surface area contributed by atoms with E-state index in [9.17, 15) is 4.39 Å². The van der Waals surface area contributed by atoms with Gasteiger partial charge in [0, 0.05) is 5.92 Å². The summed E-state index contributed by atoms with van der Waals surface area (Å²) in [5.41, 5.74) is -0.766. The molecule has 0 unspecified atom stereocenters. The normalized spacial score (nSPS) is 63.7. The highest BCUT2D eigenvalue weighted by atomic mass is 19.1. The Bertz CT molecular complexity index is 140. The molecule has 2 aliphatic rings. The van der Waals surface area contributed by atoms with E-state index < -0.39 is 5.67 Å². The number of fused-ring (bicyclic) bond motifs is 1. The zero-order chi connectivity index (χ0) is 6.65. The van der Waals surface area contributed by atoms with Gasteiger partial charge in [0.1, 0.15) is 5.67 Å². The molecule has 9 heavy (non-hydrogen) atoms. The second kappa shape index (κ2) is 1.33. The van der Waals surface area contributed by atoms with E-state index in [1.54, 1.807) is 6.92 Å². The lowest BCUT2D eigenvalue weighted by Crippen LogP contribution is -2.07. The summed E-state index contributed by atoms with van der Waals surface area (Å²) >= 11 is 0. The van der Waals surface area contributed by atoms with Crippen LogP contribution in [0.3, 0.4) is 0 Å². The molecular weight excluding hydrogens is 115 g/mol. The van der Waals surface area contributed by atoms with Gasteiger partial charge < -0.3 is 0 Å². The summed E-state index contributed by atoms with van der Waals surface area (Å²) in [5, 5.41) is 0. The zero-order valence-electron chi connectivity index (χ0n) is 6.02. The minimum atomic E-state index is -0.766. The molecule has 0 amide bonds. The molecule has 0 aliphatic heterocycles. The smallest absolute Gasteiger partial charge is 0.114 e. The molecule has 2 saturated carbocycles. The largest absolute Gasteiger partial charge is 0.244 e. The molecular formula is C8H13F. The van der Waals surface area contributed by atoms with E-state index in [0.717, 1.165) is 6.42 Å². The lowest BCUT2D eigenvalue weighted by Gasteiger charge is -2.08. The first-order chi connectivity index (χ1) is 4.14. The van der Waals surface area contributed by atoms with E-state index in [0.29, 0.717) is 17.8 Å². The van der Waals surface area contributed by atoms with Gasteiger partial charge in [0.05, 0.1) is 0 Å². The average Bonchev–Trinajstić information content (AvgIpc) is 2.19. The van der Waals surface area contributed by atoms with Crippen molar-refractivity contribution in [2.45, 2.75) is 32.4 Å². The molecule has 0 radical (unpaired) electrons. The molecule has 0 aromatic carbocycles. The second-order valence-corrected chi connectivity index (χ2v) is 3.84. The van der Waals surface area contributed by atoms with Gasteiger partial charge in [0.2, 0.25) is 0 Å². The Balaban J connectivity index is 2.14. The minimum absolute atomic E-state index is 0.428. The summed E-state index contributed by atoms with van der Waals surface area (Å²) in [6, 6.07) is 0. The summed E-state index contributed by atoms with van der Waals surface area (Å²) in [6.07, 6.45) is 2.40. The molecule has 0 N–H and O–H groups in total. The van der Waals surface area contributed by atoms with Crippen molar-refractivity contribution in [2.24, 2.45) is 17.8 Å². The highest BCUT2D eigenvalue weighted by Crippen LogP contribution is 2.65. The SMILES string of the molecule is C[C@@H]1CC[C@@H]2[C@H]1[C@]2(C)F. The van der Waals surface area contributed by atoms with Crippen LogP contribution in [0.5, 0.6) is 0 Å². The van der Waals surface area contributed by atoms with Crippen molar-refractivity contribution in [1.29, 1.82) is 0 Å². The first-order valence-electron chi connectivity index (χ1n) is 3.83. The van der Waals surface area contributed by atoms with E-state index in [1.165, 1.54) is 6.42 Å². The third-order valence-corrected chi connectivity index (χ3v) is 3.25. The zero-order valence-corrected chi connectivity index (χ0v) is 6.02. The minimum Gasteiger partial charge on any atom is -0.244 e. The molecule has 0 saturated heterocycles. The van der Waals surface area contributed by atoms with Crippen LogP contribution in [-0.4, -0.2) is 5.67 Å². The summed E-state index contributed by atoms with van der Waals surface area (Å²) in [7, 11) is 0. The fraction of sp³-hybridized carbons (Fsp3) is 1.00. The summed E-state index contributed by atoms with van der Waals surface area (Å²) in [6.45, 7) is 3.94. The maximum atomic E-state index is 13.2. The Kier molecular flexibility index (Phi) is 0.841. The van der Waals surface area contributed by atoms with Gasteiger partial charge in [0.15, 0.2) is 0 Å². The van der Waals surface area contributed by atoms with E-state index in [4.69, 9.17) is 0 Å². The highest BCUT2D eigenvalue weighted by Gasteiger charge is 2.66. The predicted octanol–water partition coefficient (Wildman–Crippen LogP) is 2.39. The molecule has 0 aromatic heterocycles. The molecule has 2 fully saturated rings. The number of halogens is 1. The fourth-order valence-corrected chi connectivity index (χ4v) is 2.64. The summed E-state index contributed by atoms with van der Waals surface area (Å²) < 4.78 is 13.2. The molecule has 52 valence electrons. The van der Waals surface area contributed by atoms with Gasteiger partial charge in [-0.3, -0.25) is 0 Å². The number of hydrogen-bond donors (Lipinski definition) is 0. The van der Waals surface area contributed by atoms with Gasteiger partial charge in [0.25, 0.3) is 0 Å². The Morgan fingerprint density at radius 3 is 2.33 bits per heavy atom. The topological polar surface area (TPSA) is 0 Å². The maximum Gasteiger partial charge on any atom is 0.114 e. The quantitative estimate of drug-likeness (QED) is 0.470. The fourth-order valence-electron chi connectivity index (χ4n) is 2.64. The molecule has 4 atom stereocenters. The molecule has 2 aliphatic carbocycles. The van der Waals surface area contributed by atoms with Crippen LogP contribution in [0.25, 0.3) is 0 Å². The van der Waals surface area contributed by atoms with Crippen molar-refractivity contribution < 1.29 is 4.39 Å². The maximum absolute atomic E-state index is 13.2. The van der Waals surface area contributed by atoms with Crippen LogP contribution in [0, 0.1) is 17.8 Å². The van der Waals surface area contributed by atoms with Crippen molar-refractivity contribution in [3.63, 3.8) is 0 Å². The van der Waals surface area contributed by atoms with Crippen LogP contribution in [0.4, 0.5) is 4.39 Å². The Morgan fingerprint density at radius 1 is 1.44 bits per heavy atom. The van der Waals surface area contributed by atoms with Crippen LogP contribution < -0.4 is 0 Å². The van der Waals surface area contributed by atoms with Gasteiger partial charge in [-0.05, 0) is 31.6 Å². The number of alkyl halides is 1. The van der Waals surface area contributed by atoms with E-state index >= 15 is 0 Å². The van der Waals surface area contributed by atoms with Gasteiger partial charge in [-0.2, -0.15) is 0 Å². The first kappa shape index (κ1) is 5.70. The van der Waals surface area contributed by atoms with Crippen molar-refractivity contribution in [3.8, 4) is 0 Å². The van der Waals surface area contributed by atoms with E-state index in [-0.39, 0.29) is 0 Å². The second-order valence-electron chi connectivity index (χ2n) is 3.84. The number of rotatable bonds is 0. The van der Waals surface area contributed by atoms with E-state index in [1.807, 2.05) is 0 Å². The van der Waals surface area contributed by atoms with E-state index in [2.05, 4.69) is 6.92 Å². The van der Waals surface area contributed by atoms with Crippen molar-refractivity contribution in [3.05, 3.63) is 0 Å². The van der Waals surface area contributed by atoms with Crippen molar-refractivity contribution in [2.75, 3.05) is 0 Å². The Morgan fingerprint density at radius 2 is 2.11 bits per heavy atom. The van der Waals surface area contributed by atoms with Crippen LogP contribution >= 0.6 is 0 Å². The van der Waals surface area contributed by atoms with Gasteiger partial charge >= 0.3 is 0 Å². The lowest BCUT2D eigenvalue weighted by atomic mass is 10.0. The first-order valence-corrected chi connectivity index (χ1v) is 3.83. The molecule has 0 spiro atoms. The number of hydrogen-bond acceptors (Lipinski definition) is 0. The molecule has 2 rings (SSSR count). The van der Waals surface area contributed by atoms with Gasteiger partial charge in [-0.25, -0.2) is 4.39 Å². The third kappa shape index (κ3) is 0.530. The lowest BCUT2D eigenvalue weighted by molar-refractivity contribution is 0.244. The Hall–Kier alpha value is -0.0700. The monoisotopic (exact) mass is 128 g/mol. The molecule has 0 nitrogen and oxygen atoms in total. The van der Waals surface area contributed by atoms with Crippen LogP contribution in [0.15, 0.2) is 0 Å².